The number of aliphatic hydroxyl groups is 1. The molecule has 0 saturated carbocycles. The Morgan fingerprint density at radius 3 is 2.65 bits per heavy atom. The van der Waals surface area contributed by atoms with Crippen molar-refractivity contribution in [2.75, 3.05) is 20.3 Å². The number of carbonyl (C=O) groups excluding carboxylic acids is 2. The molecule has 0 rings (SSSR count). The van der Waals surface area contributed by atoms with E-state index in [2.05, 4.69) is 16.6 Å². The van der Waals surface area contributed by atoms with E-state index in [1.807, 2.05) is 0 Å². The molecule has 7 nitrogen and oxygen atoms in total. The molecule has 7 heteroatoms. The Kier molecular flexibility index (Phi) is 7.36. The molecule has 0 aliphatic carbocycles. The molecule has 0 aliphatic heterocycles. The van der Waals surface area contributed by atoms with E-state index in [0.29, 0.717) is 0 Å². The van der Waals surface area contributed by atoms with E-state index in [1.165, 1.54) is 14.0 Å². The molecule has 0 aromatic rings. The van der Waals surface area contributed by atoms with E-state index >= 15 is 0 Å². The van der Waals surface area contributed by atoms with Crippen LogP contribution in [0.25, 0.3) is 0 Å². The van der Waals surface area contributed by atoms with Gasteiger partial charge in [0.05, 0.1) is 6.61 Å². The molecular weight excluding hydrogens is 230 g/mol. The SMILES string of the molecule is C=C(C)C(=O)OCC(CO)OC(=O)C=NOC. The molecule has 1 N–H and O–H groups in total. The Morgan fingerprint density at radius 1 is 1.53 bits per heavy atom. The van der Waals surface area contributed by atoms with Gasteiger partial charge in [0.2, 0.25) is 0 Å². The minimum absolute atomic E-state index is 0.217. The first-order valence-corrected chi connectivity index (χ1v) is 4.71. The summed E-state index contributed by atoms with van der Waals surface area (Å²) in [6.07, 6.45) is -0.155. The zero-order valence-electron chi connectivity index (χ0n) is 9.71. The zero-order chi connectivity index (χ0) is 13.3. The van der Waals surface area contributed by atoms with Crippen LogP contribution in [0.5, 0.6) is 0 Å². The topological polar surface area (TPSA) is 94.4 Å². The van der Waals surface area contributed by atoms with Crippen LogP contribution in [-0.2, 0) is 23.9 Å². The predicted molar refractivity (Wildman–Crippen MR) is 58.2 cm³/mol. The molecule has 0 spiro atoms. The molecule has 0 fully saturated rings. The maximum absolute atomic E-state index is 11.0. The lowest BCUT2D eigenvalue weighted by Gasteiger charge is -2.14. The van der Waals surface area contributed by atoms with Crippen LogP contribution >= 0.6 is 0 Å². The summed E-state index contributed by atoms with van der Waals surface area (Å²) >= 11 is 0. The fraction of sp³-hybridized carbons (Fsp3) is 0.500. The number of hydrogen-bond acceptors (Lipinski definition) is 7. The van der Waals surface area contributed by atoms with Crippen molar-refractivity contribution in [2.45, 2.75) is 13.0 Å². The molecule has 17 heavy (non-hydrogen) atoms. The van der Waals surface area contributed by atoms with E-state index < -0.39 is 24.6 Å². The Balaban J connectivity index is 4.08. The van der Waals surface area contributed by atoms with Gasteiger partial charge >= 0.3 is 11.9 Å². The first-order valence-electron chi connectivity index (χ1n) is 4.71. The van der Waals surface area contributed by atoms with Gasteiger partial charge in [0.15, 0.2) is 12.3 Å². The van der Waals surface area contributed by atoms with Crippen molar-refractivity contribution < 1.29 is 29.0 Å². The second-order valence-electron chi connectivity index (χ2n) is 3.04. The molecule has 0 heterocycles. The summed E-state index contributed by atoms with van der Waals surface area (Å²) in [7, 11) is 1.27. The maximum Gasteiger partial charge on any atom is 0.353 e. The van der Waals surface area contributed by atoms with Crippen molar-refractivity contribution in [3.8, 4) is 0 Å². The van der Waals surface area contributed by atoms with Crippen molar-refractivity contribution in [3.05, 3.63) is 12.2 Å². The minimum Gasteiger partial charge on any atom is -0.458 e. The summed E-state index contributed by atoms with van der Waals surface area (Å²) in [4.78, 5) is 26.3. The van der Waals surface area contributed by atoms with Crippen LogP contribution in [0.15, 0.2) is 17.3 Å². The number of rotatable bonds is 7. The number of ether oxygens (including phenoxy) is 2. The van der Waals surface area contributed by atoms with E-state index in [9.17, 15) is 9.59 Å². The van der Waals surface area contributed by atoms with Crippen molar-refractivity contribution in [1.82, 2.24) is 0 Å². The van der Waals surface area contributed by atoms with Crippen LogP contribution in [0.3, 0.4) is 0 Å². The van der Waals surface area contributed by atoms with Gasteiger partial charge in [-0.3, -0.25) is 0 Å². The van der Waals surface area contributed by atoms with Crippen LogP contribution in [0.1, 0.15) is 6.92 Å². The Labute approximate surface area is 98.6 Å². The third-order valence-corrected chi connectivity index (χ3v) is 1.50. The van der Waals surface area contributed by atoms with Crippen molar-refractivity contribution >= 4 is 18.2 Å². The second kappa shape index (κ2) is 8.28. The third-order valence-electron chi connectivity index (χ3n) is 1.50. The molecule has 0 bridgehead atoms. The fourth-order valence-electron chi connectivity index (χ4n) is 0.706. The fourth-order valence-corrected chi connectivity index (χ4v) is 0.706. The summed E-state index contributed by atoms with van der Waals surface area (Å²) in [5.41, 5.74) is 0.217. The molecular formula is C10H15NO6. The summed E-state index contributed by atoms with van der Waals surface area (Å²) < 4.78 is 9.42. The third kappa shape index (κ3) is 7.07. The van der Waals surface area contributed by atoms with Gasteiger partial charge < -0.3 is 19.4 Å². The molecule has 0 aromatic carbocycles. The Bertz CT molecular complexity index is 312. The summed E-state index contributed by atoms with van der Waals surface area (Å²) in [5, 5.41) is 12.1. The summed E-state index contributed by atoms with van der Waals surface area (Å²) in [6.45, 7) is 4.13. The molecule has 0 aromatic heterocycles. The standard InChI is InChI=1S/C10H15NO6/c1-7(2)10(14)16-6-8(5-12)17-9(13)4-11-15-3/h4,8,12H,1,5-6H2,2-3H3. The largest absolute Gasteiger partial charge is 0.458 e. The lowest BCUT2D eigenvalue weighted by Crippen LogP contribution is -2.29. The van der Waals surface area contributed by atoms with Crippen molar-refractivity contribution in [1.29, 1.82) is 0 Å². The highest BCUT2D eigenvalue weighted by Gasteiger charge is 2.15. The minimum atomic E-state index is -0.950. The van der Waals surface area contributed by atoms with Gasteiger partial charge in [-0.2, -0.15) is 0 Å². The highest BCUT2D eigenvalue weighted by atomic mass is 16.6. The summed E-state index contributed by atoms with van der Waals surface area (Å²) in [5.74, 6) is -1.43. The highest BCUT2D eigenvalue weighted by molar-refractivity contribution is 6.23. The van der Waals surface area contributed by atoms with E-state index in [-0.39, 0.29) is 12.2 Å². The maximum atomic E-state index is 11.0. The lowest BCUT2D eigenvalue weighted by molar-refractivity contribution is -0.153. The molecule has 1 unspecified atom stereocenters. The Morgan fingerprint density at radius 2 is 2.18 bits per heavy atom. The smallest absolute Gasteiger partial charge is 0.353 e. The van der Waals surface area contributed by atoms with Crippen LogP contribution in [0.4, 0.5) is 0 Å². The summed E-state index contributed by atoms with van der Waals surface area (Å²) in [6, 6.07) is 0. The molecule has 96 valence electrons. The van der Waals surface area contributed by atoms with Crippen molar-refractivity contribution in [3.63, 3.8) is 0 Å². The molecule has 0 radical (unpaired) electrons. The quantitative estimate of drug-likeness (QED) is 0.285. The number of aliphatic hydroxyl groups excluding tert-OH is 1. The number of esters is 2. The van der Waals surface area contributed by atoms with Gasteiger partial charge in [0, 0.05) is 5.57 Å². The Hall–Kier alpha value is -1.89. The van der Waals surface area contributed by atoms with Gasteiger partial charge in [-0.15, -0.1) is 0 Å². The average Bonchev–Trinajstić information content (AvgIpc) is 2.31. The number of hydrogen-bond donors (Lipinski definition) is 1. The molecule has 0 amide bonds. The first kappa shape index (κ1) is 15.1. The van der Waals surface area contributed by atoms with Gasteiger partial charge in [-0.25, -0.2) is 9.59 Å². The number of oxime groups is 1. The van der Waals surface area contributed by atoms with Crippen molar-refractivity contribution in [2.24, 2.45) is 5.16 Å². The number of carbonyl (C=O) groups is 2. The van der Waals surface area contributed by atoms with Crippen LogP contribution < -0.4 is 0 Å². The van der Waals surface area contributed by atoms with Crippen LogP contribution in [0, 0.1) is 0 Å². The van der Waals surface area contributed by atoms with Gasteiger partial charge in [0.25, 0.3) is 0 Å². The van der Waals surface area contributed by atoms with Crippen LogP contribution in [0.2, 0.25) is 0 Å². The highest BCUT2D eigenvalue weighted by Crippen LogP contribution is 1.97. The number of nitrogens with zero attached hydrogens (tertiary/aromatic N) is 1. The normalized spacial score (nSPS) is 11.9. The second-order valence-corrected chi connectivity index (χ2v) is 3.04. The average molecular weight is 245 g/mol. The van der Waals surface area contributed by atoms with Crippen LogP contribution in [-0.4, -0.2) is 49.7 Å². The molecule has 0 aliphatic rings. The zero-order valence-corrected chi connectivity index (χ0v) is 9.71. The predicted octanol–water partition coefficient (Wildman–Crippen LogP) is -0.358. The van der Waals surface area contributed by atoms with E-state index in [1.54, 1.807) is 0 Å². The van der Waals surface area contributed by atoms with Gasteiger partial charge in [0.1, 0.15) is 13.7 Å². The van der Waals surface area contributed by atoms with Gasteiger partial charge in [-0.1, -0.05) is 11.7 Å². The first-order chi connectivity index (χ1) is 8.01. The van der Waals surface area contributed by atoms with E-state index in [4.69, 9.17) is 14.6 Å². The van der Waals surface area contributed by atoms with E-state index in [0.717, 1.165) is 6.21 Å². The molecule has 1 atom stereocenters. The molecule has 0 saturated heterocycles. The lowest BCUT2D eigenvalue weighted by atomic mass is 10.3. The monoisotopic (exact) mass is 245 g/mol. The van der Waals surface area contributed by atoms with Gasteiger partial charge in [-0.05, 0) is 6.92 Å².